The van der Waals surface area contributed by atoms with Gasteiger partial charge in [0, 0.05) is 6.42 Å². The van der Waals surface area contributed by atoms with Crippen LogP contribution in [0.25, 0.3) is 0 Å². The van der Waals surface area contributed by atoms with E-state index in [1.54, 1.807) is 0 Å². The van der Waals surface area contributed by atoms with Crippen LogP contribution < -0.4 is 0 Å². The Morgan fingerprint density at radius 2 is 2.10 bits per heavy atom. The number of carbonyl (C=O) groups is 1. The summed E-state index contributed by atoms with van der Waals surface area (Å²) < 4.78 is 0. The first kappa shape index (κ1) is 7.69. The topological polar surface area (TPSA) is 57.5 Å². The zero-order chi connectivity index (χ0) is 7.72. The lowest BCUT2D eigenvalue weighted by Crippen LogP contribution is -2.40. The monoisotopic (exact) mass is 144 g/mol. The molecule has 3 unspecified atom stereocenters. The van der Waals surface area contributed by atoms with E-state index in [0.717, 1.165) is 0 Å². The molecule has 0 amide bonds. The van der Waals surface area contributed by atoms with Crippen LogP contribution in [-0.2, 0) is 4.79 Å². The molecule has 10 heavy (non-hydrogen) atoms. The second-order valence-electron chi connectivity index (χ2n) is 3.02. The summed E-state index contributed by atoms with van der Waals surface area (Å²) in [6.07, 6.45) is -1.03. The first-order chi connectivity index (χ1) is 4.61. The fourth-order valence-corrected chi connectivity index (χ4v) is 1.30. The molecule has 1 rings (SSSR count). The quantitative estimate of drug-likeness (QED) is 0.491. The van der Waals surface area contributed by atoms with Gasteiger partial charge in [0.15, 0.2) is 5.78 Å². The molecule has 0 aromatic carbocycles. The second kappa shape index (κ2) is 2.68. The summed E-state index contributed by atoms with van der Waals surface area (Å²) in [6.45, 7) is 1.90. The maximum atomic E-state index is 10.8. The highest BCUT2D eigenvalue weighted by Gasteiger charge is 2.31. The van der Waals surface area contributed by atoms with Gasteiger partial charge in [-0.05, 0) is 12.3 Å². The highest BCUT2D eigenvalue weighted by molar-refractivity contribution is 5.84. The van der Waals surface area contributed by atoms with Gasteiger partial charge in [0.2, 0.25) is 0 Å². The molecule has 3 heteroatoms. The number of Topliss-reactive ketones (excluding diaryl/α,β-unsaturated/α-hetero) is 1. The van der Waals surface area contributed by atoms with Gasteiger partial charge < -0.3 is 10.2 Å². The molecule has 0 aromatic heterocycles. The van der Waals surface area contributed by atoms with Crippen LogP contribution in [0.15, 0.2) is 0 Å². The van der Waals surface area contributed by atoms with Crippen LogP contribution in [0.2, 0.25) is 0 Å². The standard InChI is InChI=1S/C7H12O3/c1-4-2-5(8)7(10)6(9)3-4/h4-5,7-8,10H,2-3H2,1H3. The molecular formula is C7H12O3. The van der Waals surface area contributed by atoms with Crippen molar-refractivity contribution in [1.82, 2.24) is 0 Å². The predicted molar refractivity (Wildman–Crippen MR) is 35.4 cm³/mol. The van der Waals surface area contributed by atoms with Crippen LogP contribution in [0.1, 0.15) is 19.8 Å². The van der Waals surface area contributed by atoms with Crippen molar-refractivity contribution in [2.45, 2.75) is 32.0 Å². The zero-order valence-electron chi connectivity index (χ0n) is 5.95. The predicted octanol–water partition coefficient (Wildman–Crippen LogP) is -0.293. The highest BCUT2D eigenvalue weighted by Crippen LogP contribution is 2.21. The summed E-state index contributed by atoms with van der Waals surface area (Å²) >= 11 is 0. The van der Waals surface area contributed by atoms with Crippen LogP contribution in [-0.4, -0.2) is 28.2 Å². The van der Waals surface area contributed by atoms with Gasteiger partial charge >= 0.3 is 0 Å². The van der Waals surface area contributed by atoms with Crippen LogP contribution in [0.3, 0.4) is 0 Å². The minimum atomic E-state index is -1.13. The molecule has 1 saturated carbocycles. The molecule has 1 fully saturated rings. The largest absolute Gasteiger partial charge is 0.390 e. The molecule has 3 nitrogen and oxygen atoms in total. The van der Waals surface area contributed by atoms with E-state index in [2.05, 4.69) is 0 Å². The van der Waals surface area contributed by atoms with E-state index in [-0.39, 0.29) is 11.7 Å². The summed E-state index contributed by atoms with van der Waals surface area (Å²) in [4.78, 5) is 10.8. The third-order valence-electron chi connectivity index (χ3n) is 1.89. The van der Waals surface area contributed by atoms with Gasteiger partial charge in [0.05, 0.1) is 6.10 Å². The number of hydrogen-bond acceptors (Lipinski definition) is 3. The molecule has 0 radical (unpaired) electrons. The SMILES string of the molecule is CC1CC(=O)C(O)C(O)C1. The first-order valence-electron chi connectivity index (χ1n) is 3.50. The van der Waals surface area contributed by atoms with Crippen molar-refractivity contribution < 1.29 is 15.0 Å². The molecule has 58 valence electrons. The second-order valence-corrected chi connectivity index (χ2v) is 3.02. The van der Waals surface area contributed by atoms with E-state index in [1.165, 1.54) is 0 Å². The van der Waals surface area contributed by atoms with Crippen LogP contribution in [0.4, 0.5) is 0 Å². The minimum absolute atomic E-state index is 0.214. The van der Waals surface area contributed by atoms with Gasteiger partial charge in [-0.25, -0.2) is 0 Å². The Kier molecular flexibility index (Phi) is 2.06. The number of hydrogen-bond donors (Lipinski definition) is 2. The van der Waals surface area contributed by atoms with Crippen molar-refractivity contribution in [1.29, 1.82) is 0 Å². The van der Waals surface area contributed by atoms with Crippen molar-refractivity contribution in [3.8, 4) is 0 Å². The smallest absolute Gasteiger partial charge is 0.164 e. The van der Waals surface area contributed by atoms with Crippen LogP contribution >= 0.6 is 0 Å². The molecule has 3 atom stereocenters. The van der Waals surface area contributed by atoms with Crippen molar-refractivity contribution in [2.75, 3.05) is 0 Å². The fraction of sp³-hybridized carbons (Fsp3) is 0.857. The number of aliphatic hydroxyl groups excluding tert-OH is 2. The van der Waals surface area contributed by atoms with E-state index in [1.807, 2.05) is 6.92 Å². The van der Waals surface area contributed by atoms with Gasteiger partial charge in [-0.1, -0.05) is 6.92 Å². The summed E-state index contributed by atoms with van der Waals surface area (Å²) in [6, 6.07) is 0. The van der Waals surface area contributed by atoms with E-state index >= 15 is 0 Å². The van der Waals surface area contributed by atoms with E-state index in [4.69, 9.17) is 10.2 Å². The third-order valence-corrected chi connectivity index (χ3v) is 1.89. The number of rotatable bonds is 0. The van der Waals surface area contributed by atoms with Gasteiger partial charge in [0.1, 0.15) is 6.10 Å². The highest BCUT2D eigenvalue weighted by atomic mass is 16.3. The molecule has 0 aromatic rings. The van der Waals surface area contributed by atoms with Crippen LogP contribution in [0, 0.1) is 5.92 Å². The normalized spacial score (nSPS) is 41.9. The number of aliphatic hydroxyl groups is 2. The Morgan fingerprint density at radius 3 is 2.60 bits per heavy atom. The van der Waals surface area contributed by atoms with Crippen LogP contribution in [0.5, 0.6) is 0 Å². The van der Waals surface area contributed by atoms with E-state index < -0.39 is 12.2 Å². The van der Waals surface area contributed by atoms with Gasteiger partial charge in [0.25, 0.3) is 0 Å². The fourth-order valence-electron chi connectivity index (χ4n) is 1.30. The van der Waals surface area contributed by atoms with Crippen molar-refractivity contribution in [3.63, 3.8) is 0 Å². The minimum Gasteiger partial charge on any atom is -0.390 e. The molecule has 0 aliphatic heterocycles. The van der Waals surface area contributed by atoms with Gasteiger partial charge in [-0.15, -0.1) is 0 Å². The van der Waals surface area contributed by atoms with E-state index in [0.29, 0.717) is 12.8 Å². The Morgan fingerprint density at radius 1 is 1.50 bits per heavy atom. The van der Waals surface area contributed by atoms with Crippen molar-refractivity contribution in [2.24, 2.45) is 5.92 Å². The average molecular weight is 144 g/mol. The maximum absolute atomic E-state index is 10.8. The number of carbonyl (C=O) groups excluding carboxylic acids is 1. The molecule has 2 N–H and O–H groups in total. The lowest BCUT2D eigenvalue weighted by atomic mass is 9.86. The average Bonchev–Trinajstić information content (AvgIpc) is 1.82. The first-order valence-corrected chi connectivity index (χ1v) is 3.50. The van der Waals surface area contributed by atoms with Gasteiger partial charge in [-0.3, -0.25) is 4.79 Å². The lowest BCUT2D eigenvalue weighted by molar-refractivity contribution is -0.138. The van der Waals surface area contributed by atoms with Gasteiger partial charge in [-0.2, -0.15) is 0 Å². The Bertz CT molecular complexity index is 144. The summed E-state index contributed by atoms with van der Waals surface area (Å²) in [5.41, 5.74) is 0. The molecule has 0 saturated heterocycles. The maximum Gasteiger partial charge on any atom is 0.164 e. The zero-order valence-corrected chi connectivity index (χ0v) is 5.95. The molecule has 0 spiro atoms. The summed E-state index contributed by atoms with van der Waals surface area (Å²) in [5.74, 6) is -0.0165. The Hall–Kier alpha value is -0.410. The van der Waals surface area contributed by atoms with E-state index in [9.17, 15) is 4.79 Å². The van der Waals surface area contributed by atoms with Crippen molar-refractivity contribution in [3.05, 3.63) is 0 Å². The lowest BCUT2D eigenvalue weighted by Gasteiger charge is -2.26. The number of ketones is 1. The molecule has 0 bridgehead atoms. The third kappa shape index (κ3) is 1.36. The summed E-state index contributed by atoms with van der Waals surface area (Å²) in [5, 5.41) is 18.0. The summed E-state index contributed by atoms with van der Waals surface area (Å²) in [7, 11) is 0. The molecule has 0 heterocycles. The molecule has 1 aliphatic carbocycles. The Balaban J connectivity index is 2.57. The van der Waals surface area contributed by atoms with Crippen molar-refractivity contribution >= 4 is 5.78 Å². The molecular weight excluding hydrogens is 132 g/mol. The Labute approximate surface area is 59.7 Å². The molecule has 1 aliphatic rings.